The second-order valence-electron chi connectivity index (χ2n) is 5.93. The highest BCUT2D eigenvalue weighted by atomic mass is 16.2. The van der Waals surface area contributed by atoms with E-state index in [0.29, 0.717) is 5.69 Å². The molecule has 1 aromatic heterocycles. The number of amides is 1. The summed E-state index contributed by atoms with van der Waals surface area (Å²) in [4.78, 5) is 29.0. The molecule has 2 N–H and O–H groups in total. The molecular formula is C18H21N3O2. The number of carbonyl (C=O) groups excluding carboxylic acids is 1. The smallest absolute Gasteiger partial charge is 0.261 e. The Hall–Kier alpha value is -2.56. The topological polar surface area (TPSA) is 65.2 Å². The average Bonchev–Trinajstić information content (AvgIpc) is 2.56. The Morgan fingerprint density at radius 2 is 1.74 bits per heavy atom. The predicted octanol–water partition coefficient (Wildman–Crippen LogP) is 2.93. The Morgan fingerprint density at radius 1 is 1.04 bits per heavy atom. The van der Waals surface area contributed by atoms with Gasteiger partial charge in [0.15, 0.2) is 0 Å². The fourth-order valence-corrected chi connectivity index (χ4v) is 2.86. The van der Waals surface area contributed by atoms with Crippen molar-refractivity contribution in [3.63, 3.8) is 0 Å². The molecule has 2 heterocycles. The second kappa shape index (κ2) is 6.69. The van der Waals surface area contributed by atoms with Gasteiger partial charge in [0.05, 0.1) is 0 Å². The van der Waals surface area contributed by atoms with Crippen LogP contribution in [0.15, 0.2) is 41.2 Å². The molecule has 23 heavy (non-hydrogen) atoms. The lowest BCUT2D eigenvalue weighted by Gasteiger charge is -2.28. The molecule has 1 fully saturated rings. The zero-order chi connectivity index (χ0) is 16.2. The molecule has 5 nitrogen and oxygen atoms in total. The number of piperidine rings is 1. The number of aromatic nitrogens is 1. The van der Waals surface area contributed by atoms with Crippen molar-refractivity contribution in [1.82, 2.24) is 4.98 Å². The zero-order valence-electron chi connectivity index (χ0n) is 13.3. The predicted molar refractivity (Wildman–Crippen MR) is 92.3 cm³/mol. The number of benzene rings is 1. The Balaban J connectivity index is 1.70. The first-order valence-electron chi connectivity index (χ1n) is 8.00. The highest BCUT2D eigenvalue weighted by molar-refractivity contribution is 6.04. The molecule has 5 heteroatoms. The standard InChI is InChI=1S/C18H21N3O2/c1-13-5-10-16(17(22)19-13)18(23)20-14-6-8-15(9-7-14)21-11-3-2-4-12-21/h5-10H,2-4,11-12H2,1H3,(H,19,22)(H,20,23). The first-order valence-corrected chi connectivity index (χ1v) is 8.00. The summed E-state index contributed by atoms with van der Waals surface area (Å²) >= 11 is 0. The maximum absolute atomic E-state index is 12.2. The third-order valence-electron chi connectivity index (χ3n) is 4.15. The van der Waals surface area contributed by atoms with Crippen molar-refractivity contribution in [3.05, 3.63) is 58.0 Å². The van der Waals surface area contributed by atoms with Crippen LogP contribution in [-0.4, -0.2) is 24.0 Å². The molecule has 1 aliphatic rings. The summed E-state index contributed by atoms with van der Waals surface area (Å²) in [5.41, 5.74) is 2.35. The van der Waals surface area contributed by atoms with Crippen LogP contribution in [0.5, 0.6) is 0 Å². The summed E-state index contributed by atoms with van der Waals surface area (Å²) in [6.07, 6.45) is 3.76. The van der Waals surface area contributed by atoms with Crippen LogP contribution in [0, 0.1) is 6.92 Å². The SMILES string of the molecule is Cc1ccc(C(=O)Nc2ccc(N3CCCCC3)cc2)c(=O)[nH]1. The van der Waals surface area contributed by atoms with Gasteiger partial charge >= 0.3 is 0 Å². The van der Waals surface area contributed by atoms with E-state index in [1.165, 1.54) is 24.9 Å². The van der Waals surface area contributed by atoms with Crippen molar-refractivity contribution in [2.24, 2.45) is 0 Å². The molecule has 2 aromatic rings. The Kier molecular flexibility index (Phi) is 4.46. The lowest BCUT2D eigenvalue weighted by molar-refractivity contribution is 0.102. The normalized spacial score (nSPS) is 14.6. The minimum atomic E-state index is -0.392. The highest BCUT2D eigenvalue weighted by Gasteiger charge is 2.12. The van der Waals surface area contributed by atoms with Crippen LogP contribution in [-0.2, 0) is 0 Å². The summed E-state index contributed by atoms with van der Waals surface area (Å²) in [6.45, 7) is 3.96. The average molecular weight is 311 g/mol. The van der Waals surface area contributed by atoms with Crippen LogP contribution in [0.3, 0.4) is 0 Å². The van der Waals surface area contributed by atoms with E-state index in [0.717, 1.165) is 18.8 Å². The van der Waals surface area contributed by atoms with Crippen molar-refractivity contribution in [3.8, 4) is 0 Å². The van der Waals surface area contributed by atoms with Crippen molar-refractivity contribution in [2.75, 3.05) is 23.3 Å². The van der Waals surface area contributed by atoms with Crippen molar-refractivity contribution < 1.29 is 4.79 Å². The number of hydrogen-bond donors (Lipinski definition) is 2. The van der Waals surface area contributed by atoms with Gasteiger partial charge in [0, 0.05) is 30.2 Å². The molecule has 0 atom stereocenters. The highest BCUT2D eigenvalue weighted by Crippen LogP contribution is 2.21. The number of nitrogens with zero attached hydrogens (tertiary/aromatic N) is 1. The van der Waals surface area contributed by atoms with Gasteiger partial charge in [-0.2, -0.15) is 0 Å². The maximum atomic E-state index is 12.2. The molecule has 0 bridgehead atoms. The van der Waals surface area contributed by atoms with Gasteiger partial charge in [-0.1, -0.05) is 0 Å². The van der Waals surface area contributed by atoms with Crippen LogP contribution >= 0.6 is 0 Å². The van der Waals surface area contributed by atoms with Gasteiger partial charge < -0.3 is 15.2 Å². The molecule has 3 rings (SSSR count). The maximum Gasteiger partial charge on any atom is 0.261 e. The number of rotatable bonds is 3. The fraction of sp³-hybridized carbons (Fsp3) is 0.333. The third kappa shape index (κ3) is 3.62. The van der Waals surface area contributed by atoms with E-state index in [1.807, 2.05) is 24.3 Å². The third-order valence-corrected chi connectivity index (χ3v) is 4.15. The summed E-state index contributed by atoms with van der Waals surface area (Å²) < 4.78 is 0. The molecule has 120 valence electrons. The van der Waals surface area contributed by atoms with E-state index in [2.05, 4.69) is 15.2 Å². The molecule has 0 spiro atoms. The summed E-state index contributed by atoms with van der Waals surface area (Å²) in [5, 5.41) is 2.77. The van der Waals surface area contributed by atoms with Crippen molar-refractivity contribution in [1.29, 1.82) is 0 Å². The van der Waals surface area contributed by atoms with Gasteiger partial charge in [-0.25, -0.2) is 0 Å². The van der Waals surface area contributed by atoms with Crippen molar-refractivity contribution >= 4 is 17.3 Å². The molecule has 1 saturated heterocycles. The van der Waals surface area contributed by atoms with E-state index < -0.39 is 5.91 Å². The quantitative estimate of drug-likeness (QED) is 0.916. The van der Waals surface area contributed by atoms with Crippen LogP contribution in [0.1, 0.15) is 35.3 Å². The van der Waals surface area contributed by atoms with Crippen LogP contribution < -0.4 is 15.8 Å². The van der Waals surface area contributed by atoms with Gasteiger partial charge in [0.25, 0.3) is 11.5 Å². The molecule has 0 radical (unpaired) electrons. The van der Waals surface area contributed by atoms with Gasteiger partial charge in [0.1, 0.15) is 5.56 Å². The minimum absolute atomic E-state index is 0.121. The van der Waals surface area contributed by atoms with E-state index in [-0.39, 0.29) is 11.1 Å². The Bertz CT molecular complexity index is 744. The number of aromatic amines is 1. The van der Waals surface area contributed by atoms with Crippen LogP contribution in [0.25, 0.3) is 0 Å². The van der Waals surface area contributed by atoms with Crippen LogP contribution in [0.4, 0.5) is 11.4 Å². The number of H-pyrrole nitrogens is 1. The molecule has 0 aliphatic carbocycles. The second-order valence-corrected chi connectivity index (χ2v) is 5.93. The largest absolute Gasteiger partial charge is 0.372 e. The molecule has 1 amide bonds. The Morgan fingerprint density at radius 3 is 2.39 bits per heavy atom. The number of nitrogens with one attached hydrogen (secondary N) is 2. The van der Waals surface area contributed by atoms with Crippen LogP contribution in [0.2, 0.25) is 0 Å². The molecule has 0 saturated carbocycles. The Labute approximate surface area is 135 Å². The summed E-state index contributed by atoms with van der Waals surface area (Å²) in [7, 11) is 0. The zero-order valence-corrected chi connectivity index (χ0v) is 13.3. The monoisotopic (exact) mass is 311 g/mol. The fourth-order valence-electron chi connectivity index (χ4n) is 2.86. The van der Waals surface area contributed by atoms with E-state index in [9.17, 15) is 9.59 Å². The molecule has 0 unspecified atom stereocenters. The van der Waals surface area contributed by atoms with Gasteiger partial charge in [-0.05, 0) is 62.6 Å². The van der Waals surface area contributed by atoms with Gasteiger partial charge in [-0.3, -0.25) is 9.59 Å². The minimum Gasteiger partial charge on any atom is -0.372 e. The van der Waals surface area contributed by atoms with E-state index in [4.69, 9.17) is 0 Å². The first-order chi connectivity index (χ1) is 11.1. The van der Waals surface area contributed by atoms with E-state index in [1.54, 1.807) is 19.1 Å². The number of carbonyl (C=O) groups is 1. The number of anilines is 2. The van der Waals surface area contributed by atoms with Crippen molar-refractivity contribution in [2.45, 2.75) is 26.2 Å². The van der Waals surface area contributed by atoms with Gasteiger partial charge in [-0.15, -0.1) is 0 Å². The molecule has 1 aromatic carbocycles. The number of aryl methyl sites for hydroxylation is 1. The molecular weight excluding hydrogens is 290 g/mol. The lowest BCUT2D eigenvalue weighted by Crippen LogP contribution is -2.29. The number of pyridine rings is 1. The van der Waals surface area contributed by atoms with E-state index >= 15 is 0 Å². The van der Waals surface area contributed by atoms with Gasteiger partial charge in [0.2, 0.25) is 0 Å². The number of hydrogen-bond acceptors (Lipinski definition) is 3. The first kappa shape index (κ1) is 15.3. The lowest BCUT2D eigenvalue weighted by atomic mass is 10.1. The summed E-state index contributed by atoms with van der Waals surface area (Å²) in [6, 6.07) is 11.1. The summed E-state index contributed by atoms with van der Waals surface area (Å²) in [5.74, 6) is -0.392. The molecule has 1 aliphatic heterocycles.